The maximum atomic E-state index is 12.9. The molecule has 2 aromatic carbocycles. The molecule has 0 spiro atoms. The Balaban J connectivity index is 2.17. The smallest absolute Gasteiger partial charge is 0.256 e. The summed E-state index contributed by atoms with van der Waals surface area (Å²) in [6.07, 6.45) is 2.48. The van der Waals surface area contributed by atoms with Crippen molar-refractivity contribution < 1.29 is 9.36 Å². The lowest BCUT2D eigenvalue weighted by Crippen LogP contribution is -2.14. The van der Waals surface area contributed by atoms with Crippen molar-refractivity contribution in [1.82, 2.24) is 0 Å². The average molecular weight is 339 g/mol. The van der Waals surface area contributed by atoms with Crippen LogP contribution >= 0.6 is 7.14 Å². The molecule has 1 aliphatic heterocycles. The van der Waals surface area contributed by atoms with Gasteiger partial charge in [-0.05, 0) is 49.8 Å². The van der Waals surface area contributed by atoms with Gasteiger partial charge in [0.05, 0.1) is 5.69 Å². The summed E-state index contributed by atoms with van der Waals surface area (Å²) in [5.74, 6) is -0.131. The highest BCUT2D eigenvalue weighted by Crippen LogP contribution is 2.46. The largest absolute Gasteiger partial charge is 0.321 e. The zero-order chi connectivity index (χ0) is 17.5. The molecule has 4 heteroatoms. The maximum absolute atomic E-state index is 12.9. The molecule has 0 saturated carbocycles. The van der Waals surface area contributed by atoms with Crippen molar-refractivity contribution in [2.45, 2.75) is 20.8 Å². The van der Waals surface area contributed by atoms with E-state index in [2.05, 4.69) is 5.32 Å². The summed E-state index contributed by atoms with van der Waals surface area (Å²) in [4.78, 5) is 12.5. The van der Waals surface area contributed by atoms with Gasteiger partial charge in [-0.2, -0.15) is 0 Å². The van der Waals surface area contributed by atoms with Crippen molar-refractivity contribution in [1.29, 1.82) is 0 Å². The molecule has 0 saturated heterocycles. The first-order valence-corrected chi connectivity index (χ1v) is 10.5. The highest BCUT2D eigenvalue weighted by Gasteiger charge is 2.31. The Hall–Kier alpha value is -2.12. The minimum Gasteiger partial charge on any atom is -0.321 e. The number of hydrogen-bond acceptors (Lipinski definition) is 2. The summed E-state index contributed by atoms with van der Waals surface area (Å²) in [5, 5.41) is 3.71. The lowest BCUT2D eigenvalue weighted by molar-refractivity contribution is -0.110. The van der Waals surface area contributed by atoms with E-state index < -0.39 is 7.14 Å². The van der Waals surface area contributed by atoms with E-state index in [9.17, 15) is 9.36 Å². The zero-order valence-corrected chi connectivity index (χ0v) is 15.4. The molecule has 1 unspecified atom stereocenters. The highest BCUT2D eigenvalue weighted by atomic mass is 31.2. The normalized spacial score (nSPS) is 17.5. The molecule has 0 bridgehead atoms. The van der Waals surface area contributed by atoms with Gasteiger partial charge in [0.1, 0.15) is 7.14 Å². The topological polar surface area (TPSA) is 46.2 Å². The fourth-order valence-electron chi connectivity index (χ4n) is 2.93. The number of aryl methyl sites for hydroxylation is 2. The fourth-order valence-corrected chi connectivity index (χ4v) is 4.40. The third-order valence-electron chi connectivity index (χ3n) is 4.54. The van der Waals surface area contributed by atoms with Crippen molar-refractivity contribution in [3.8, 4) is 0 Å². The van der Waals surface area contributed by atoms with Crippen LogP contribution in [0, 0.1) is 13.8 Å². The number of carbonyl (C=O) groups is 1. The van der Waals surface area contributed by atoms with Gasteiger partial charge < -0.3 is 9.88 Å². The Morgan fingerprint density at radius 1 is 1.08 bits per heavy atom. The number of hydrogen-bond donors (Lipinski definition) is 1. The molecule has 124 valence electrons. The number of amides is 1. The molecule has 3 rings (SSSR count). The van der Waals surface area contributed by atoms with Gasteiger partial charge in [0.15, 0.2) is 0 Å². The van der Waals surface area contributed by atoms with Crippen molar-refractivity contribution >= 4 is 35.7 Å². The second-order valence-electron chi connectivity index (χ2n) is 6.55. The number of rotatable bonds is 3. The fraction of sp³-hybridized carbons (Fsp3) is 0.250. The molecule has 0 fully saturated rings. The Bertz CT molecular complexity index is 895. The molecule has 1 aliphatic rings. The molecule has 2 aromatic rings. The Kier molecular flexibility index (Phi) is 4.23. The molecule has 0 aromatic heterocycles. The third kappa shape index (κ3) is 2.97. The minimum absolute atomic E-state index is 0.131. The molecule has 24 heavy (non-hydrogen) atoms. The van der Waals surface area contributed by atoms with Crippen LogP contribution in [0.2, 0.25) is 0 Å². The van der Waals surface area contributed by atoms with Gasteiger partial charge in [0.2, 0.25) is 0 Å². The van der Waals surface area contributed by atoms with Crippen LogP contribution in [0.4, 0.5) is 5.69 Å². The Labute approximate surface area is 143 Å². The maximum Gasteiger partial charge on any atom is 0.256 e. The summed E-state index contributed by atoms with van der Waals surface area (Å²) in [5.41, 5.74) is 5.39. The Morgan fingerprint density at radius 2 is 1.75 bits per heavy atom. The lowest BCUT2D eigenvalue weighted by atomic mass is 10.0. The summed E-state index contributed by atoms with van der Waals surface area (Å²) in [6.45, 7) is 7.73. The number of benzene rings is 2. The molecular formula is C20H22NO2P. The second kappa shape index (κ2) is 6.07. The van der Waals surface area contributed by atoms with Crippen molar-refractivity contribution in [3.05, 3.63) is 58.7 Å². The van der Waals surface area contributed by atoms with E-state index in [-0.39, 0.29) is 5.91 Å². The van der Waals surface area contributed by atoms with Crippen LogP contribution in [-0.4, -0.2) is 18.7 Å². The molecule has 1 N–H and O–H groups in total. The molecule has 1 atom stereocenters. The number of nitrogens with one attached hydrogen (secondary N) is 1. The van der Waals surface area contributed by atoms with E-state index >= 15 is 0 Å². The van der Waals surface area contributed by atoms with Crippen molar-refractivity contribution in [2.24, 2.45) is 0 Å². The molecule has 0 aliphatic carbocycles. The van der Waals surface area contributed by atoms with Crippen LogP contribution in [0.3, 0.4) is 0 Å². The van der Waals surface area contributed by atoms with Gasteiger partial charge in [-0.3, -0.25) is 4.79 Å². The molecule has 0 radical (unpaired) electrons. The van der Waals surface area contributed by atoms with Crippen molar-refractivity contribution in [2.75, 3.05) is 18.1 Å². The number of anilines is 1. The van der Waals surface area contributed by atoms with Crippen LogP contribution in [0.15, 0.2) is 36.4 Å². The number of fused-ring (bicyclic) bond motifs is 1. The first-order valence-electron chi connectivity index (χ1n) is 8.13. The first kappa shape index (κ1) is 16.7. The van der Waals surface area contributed by atoms with Gasteiger partial charge in [-0.15, -0.1) is 0 Å². The predicted octanol–water partition coefficient (Wildman–Crippen LogP) is 4.43. The van der Waals surface area contributed by atoms with Crippen LogP contribution in [0.25, 0.3) is 11.6 Å². The Morgan fingerprint density at radius 3 is 2.38 bits per heavy atom. The van der Waals surface area contributed by atoms with Crippen LogP contribution in [-0.2, 0) is 9.36 Å². The van der Waals surface area contributed by atoms with E-state index in [1.165, 1.54) is 5.56 Å². The van der Waals surface area contributed by atoms with E-state index in [0.29, 0.717) is 11.7 Å². The summed E-state index contributed by atoms with van der Waals surface area (Å²) < 4.78 is 12.9. The van der Waals surface area contributed by atoms with Gasteiger partial charge in [-0.1, -0.05) is 36.8 Å². The van der Waals surface area contributed by atoms with Gasteiger partial charge in [-0.25, -0.2) is 0 Å². The monoisotopic (exact) mass is 339 g/mol. The lowest BCUT2D eigenvalue weighted by Gasteiger charge is -2.16. The van der Waals surface area contributed by atoms with E-state index in [4.69, 9.17) is 0 Å². The average Bonchev–Trinajstić information content (AvgIpc) is 2.84. The van der Waals surface area contributed by atoms with E-state index in [1.54, 1.807) is 6.66 Å². The van der Waals surface area contributed by atoms with E-state index in [0.717, 1.165) is 27.7 Å². The van der Waals surface area contributed by atoms with Gasteiger partial charge >= 0.3 is 0 Å². The predicted molar refractivity (Wildman–Crippen MR) is 103 cm³/mol. The quantitative estimate of drug-likeness (QED) is 0.664. The van der Waals surface area contributed by atoms with Crippen molar-refractivity contribution in [3.63, 3.8) is 0 Å². The molecule has 3 nitrogen and oxygen atoms in total. The second-order valence-corrected chi connectivity index (χ2v) is 9.86. The minimum atomic E-state index is -2.48. The third-order valence-corrected chi connectivity index (χ3v) is 7.12. The van der Waals surface area contributed by atoms with Crippen LogP contribution in [0.1, 0.15) is 29.2 Å². The first-order chi connectivity index (χ1) is 11.3. The SMILES string of the molecule is CCP(C)(=O)c1cc(C)cc2c1NC(=O)/C2=C\c1ccc(C)cc1. The standard InChI is InChI=1S/C20H22NO2P/c1-5-24(4,23)18-11-14(3)10-16-17(20(22)21-19(16)18)12-15-8-6-13(2)7-9-15/h6-12H,5H2,1-4H3,(H,21,22)/b17-12-. The zero-order valence-electron chi connectivity index (χ0n) is 14.5. The highest BCUT2D eigenvalue weighted by molar-refractivity contribution is 7.71. The van der Waals surface area contributed by atoms with Gasteiger partial charge in [0, 0.05) is 22.6 Å². The van der Waals surface area contributed by atoms with Gasteiger partial charge in [0.25, 0.3) is 5.91 Å². The van der Waals surface area contributed by atoms with Crippen LogP contribution in [0.5, 0.6) is 0 Å². The van der Waals surface area contributed by atoms with E-state index in [1.807, 2.05) is 63.2 Å². The summed E-state index contributed by atoms with van der Waals surface area (Å²) in [7, 11) is -2.48. The summed E-state index contributed by atoms with van der Waals surface area (Å²) >= 11 is 0. The molecule has 1 heterocycles. The molecule has 1 amide bonds. The molecular weight excluding hydrogens is 317 g/mol. The summed E-state index contributed by atoms with van der Waals surface area (Å²) in [6, 6.07) is 12.0. The van der Waals surface area contributed by atoms with Crippen LogP contribution < -0.4 is 10.6 Å². The number of carbonyl (C=O) groups excluding carboxylic acids is 1.